The number of aliphatic imine (C=N–C) groups is 1. The van der Waals surface area contributed by atoms with Crippen molar-refractivity contribution in [3.8, 4) is 11.5 Å². The van der Waals surface area contributed by atoms with Gasteiger partial charge >= 0.3 is 6.18 Å². The molecule has 0 unspecified atom stereocenters. The average Bonchev–Trinajstić information content (AvgIpc) is 3.27. The summed E-state index contributed by atoms with van der Waals surface area (Å²) in [7, 11) is 2.58. The van der Waals surface area contributed by atoms with Gasteiger partial charge in [0.05, 0.1) is 31.7 Å². The van der Waals surface area contributed by atoms with E-state index in [2.05, 4.69) is 32.1 Å². The van der Waals surface area contributed by atoms with Crippen LogP contribution in [0.1, 0.15) is 47.3 Å². The van der Waals surface area contributed by atoms with E-state index in [1.54, 1.807) is 6.20 Å². The van der Waals surface area contributed by atoms with Crippen molar-refractivity contribution < 1.29 is 27.4 Å². The maximum absolute atomic E-state index is 13.4. The fourth-order valence-corrected chi connectivity index (χ4v) is 4.52. The van der Waals surface area contributed by atoms with Gasteiger partial charge in [0, 0.05) is 24.3 Å². The van der Waals surface area contributed by atoms with Crippen molar-refractivity contribution in [2.75, 3.05) is 42.8 Å². The Bertz CT molecular complexity index is 1470. The molecule has 13 heteroatoms. The number of nitrogens with zero attached hydrogens (tertiary/aromatic N) is 4. The van der Waals surface area contributed by atoms with E-state index in [4.69, 9.17) is 20.2 Å². The molecule has 4 N–H and O–H groups in total. The first-order chi connectivity index (χ1) is 20.1. The number of carbonyl (C=O) groups is 1. The molecule has 3 aromatic rings. The minimum atomic E-state index is -4.67. The van der Waals surface area contributed by atoms with E-state index in [-0.39, 0.29) is 28.5 Å². The molecule has 0 spiro atoms. The van der Waals surface area contributed by atoms with Crippen LogP contribution in [0.15, 0.2) is 60.4 Å². The number of amides is 1. The van der Waals surface area contributed by atoms with Crippen LogP contribution in [-0.2, 0) is 6.18 Å². The first-order valence-electron chi connectivity index (χ1n) is 13.2. The molecule has 0 atom stereocenters. The third-order valence-electron chi connectivity index (χ3n) is 6.61. The van der Waals surface area contributed by atoms with E-state index in [1.165, 1.54) is 37.6 Å². The Kier molecular flexibility index (Phi) is 9.50. The number of nitrogens with two attached hydrogens (primary N) is 1. The molecule has 0 aliphatic carbocycles. The van der Waals surface area contributed by atoms with E-state index in [9.17, 15) is 18.0 Å². The van der Waals surface area contributed by atoms with Crippen molar-refractivity contribution in [2.24, 2.45) is 10.7 Å². The zero-order valence-corrected chi connectivity index (χ0v) is 23.3. The van der Waals surface area contributed by atoms with Gasteiger partial charge in [0.1, 0.15) is 22.9 Å². The summed E-state index contributed by atoms with van der Waals surface area (Å²) >= 11 is 0. The lowest BCUT2D eigenvalue weighted by Crippen LogP contribution is -2.27. The lowest BCUT2D eigenvalue weighted by molar-refractivity contribution is -0.138. The van der Waals surface area contributed by atoms with E-state index < -0.39 is 17.6 Å². The quantitative estimate of drug-likeness (QED) is 0.215. The van der Waals surface area contributed by atoms with Gasteiger partial charge in [0.15, 0.2) is 5.84 Å². The minimum absolute atomic E-state index is 0.0265. The number of carbonyl (C=O) groups excluding carboxylic acids is 1. The van der Waals surface area contributed by atoms with Crippen molar-refractivity contribution in [1.29, 1.82) is 0 Å². The van der Waals surface area contributed by atoms with Gasteiger partial charge in [-0.15, -0.1) is 0 Å². The molecule has 0 saturated carbocycles. The molecule has 0 bridgehead atoms. The largest absolute Gasteiger partial charge is 0.496 e. The summed E-state index contributed by atoms with van der Waals surface area (Å²) in [4.78, 5) is 28.8. The summed E-state index contributed by atoms with van der Waals surface area (Å²) in [6.07, 6.45) is 2.78. The van der Waals surface area contributed by atoms with Gasteiger partial charge in [-0.1, -0.05) is 19.4 Å². The highest BCUT2D eigenvalue weighted by molar-refractivity contribution is 6.06. The summed E-state index contributed by atoms with van der Waals surface area (Å²) in [6.45, 7) is 5.35. The number of hydrogen-bond acceptors (Lipinski definition) is 8. The summed E-state index contributed by atoms with van der Waals surface area (Å²) < 4.78 is 50.6. The van der Waals surface area contributed by atoms with Crippen LogP contribution in [-0.4, -0.2) is 49.0 Å². The maximum Gasteiger partial charge on any atom is 0.420 e. The first-order valence-corrected chi connectivity index (χ1v) is 13.2. The van der Waals surface area contributed by atoms with Crippen LogP contribution in [0.5, 0.6) is 11.5 Å². The van der Waals surface area contributed by atoms with Gasteiger partial charge in [-0.2, -0.15) is 13.2 Å². The van der Waals surface area contributed by atoms with Crippen molar-refractivity contribution >= 4 is 34.8 Å². The number of hydrogen-bond donors (Lipinski definition) is 3. The number of ether oxygens (including phenoxy) is 2. The van der Waals surface area contributed by atoms with Crippen molar-refractivity contribution in [2.45, 2.75) is 31.9 Å². The molecule has 1 aromatic heterocycles. The predicted octanol–water partition coefficient (Wildman–Crippen LogP) is 5.74. The number of methoxy groups -OCH3 is 2. The van der Waals surface area contributed by atoms with Crippen LogP contribution in [0.3, 0.4) is 0 Å². The number of nitrogens with one attached hydrogen (secondary N) is 2. The topological polar surface area (TPSA) is 127 Å². The summed E-state index contributed by atoms with van der Waals surface area (Å²) in [6, 6.07) is 7.67. The molecule has 4 rings (SSSR count). The van der Waals surface area contributed by atoms with E-state index in [0.29, 0.717) is 23.1 Å². The van der Waals surface area contributed by atoms with E-state index in [0.717, 1.165) is 58.0 Å². The number of amidine groups is 1. The molecular formula is C29H32F3N7O3. The lowest BCUT2D eigenvalue weighted by atomic mass is 10.1. The molecule has 2 aromatic carbocycles. The second-order valence-corrected chi connectivity index (χ2v) is 9.43. The van der Waals surface area contributed by atoms with Crippen LogP contribution in [0, 0.1) is 0 Å². The number of anilines is 3. The molecule has 1 saturated heterocycles. The summed E-state index contributed by atoms with van der Waals surface area (Å²) in [5.74, 6) is -0.147. The van der Waals surface area contributed by atoms with E-state index >= 15 is 0 Å². The van der Waals surface area contributed by atoms with Crippen molar-refractivity contribution in [3.05, 3.63) is 72.2 Å². The Hall–Kier alpha value is -4.81. The molecule has 222 valence electrons. The Labute approximate surface area is 241 Å². The summed E-state index contributed by atoms with van der Waals surface area (Å²) in [5.41, 5.74) is 6.51. The molecular weight excluding hydrogens is 551 g/mol. The Balaban J connectivity index is 1.66. The Morgan fingerprint density at radius 1 is 1.07 bits per heavy atom. The lowest BCUT2D eigenvalue weighted by Gasteiger charge is -2.21. The number of alkyl halides is 3. The standard InChI is InChI=1S/C29H32F3N7O3/c1-4-34-22-17-35-28(39-13-7-5-6-8-14-39)38-25(22)26(33)37-21-15-18(9-11-24(21)42-3)27(40)36-19-10-12-23(41-2)20(16-19)29(30,31)32/h4,9-12,15-17,34H,1,5-8,13-14H2,2-3H3,(H2,33,37)(H,36,40). The monoisotopic (exact) mass is 583 g/mol. The molecule has 1 fully saturated rings. The third-order valence-corrected chi connectivity index (χ3v) is 6.61. The van der Waals surface area contributed by atoms with Gasteiger partial charge in [0.2, 0.25) is 5.95 Å². The molecule has 1 amide bonds. The van der Waals surface area contributed by atoms with Crippen LogP contribution >= 0.6 is 0 Å². The molecule has 10 nitrogen and oxygen atoms in total. The van der Waals surface area contributed by atoms with Crippen molar-refractivity contribution in [1.82, 2.24) is 9.97 Å². The Morgan fingerprint density at radius 2 is 1.76 bits per heavy atom. The summed E-state index contributed by atoms with van der Waals surface area (Å²) in [5, 5.41) is 5.45. The second-order valence-electron chi connectivity index (χ2n) is 9.43. The van der Waals surface area contributed by atoms with Crippen LogP contribution in [0.25, 0.3) is 0 Å². The van der Waals surface area contributed by atoms with Gasteiger partial charge in [-0.25, -0.2) is 15.0 Å². The molecule has 1 aliphatic rings. The smallest absolute Gasteiger partial charge is 0.420 e. The zero-order chi connectivity index (χ0) is 30.3. The SMILES string of the molecule is C=CNc1cnc(N2CCCCCC2)nc1C(N)=Nc1cc(C(=O)Nc2ccc(OC)c(C(F)(F)F)c2)ccc1OC. The highest BCUT2D eigenvalue weighted by atomic mass is 19.4. The van der Waals surface area contributed by atoms with Gasteiger partial charge in [-0.3, -0.25) is 4.79 Å². The number of rotatable bonds is 9. The molecule has 42 heavy (non-hydrogen) atoms. The number of benzene rings is 2. The first kappa shape index (κ1) is 30.2. The fourth-order valence-electron chi connectivity index (χ4n) is 4.52. The van der Waals surface area contributed by atoms with Crippen LogP contribution < -0.4 is 30.7 Å². The number of aromatic nitrogens is 2. The predicted molar refractivity (Wildman–Crippen MR) is 156 cm³/mol. The molecule has 1 aliphatic heterocycles. The van der Waals surface area contributed by atoms with Crippen molar-refractivity contribution in [3.63, 3.8) is 0 Å². The van der Waals surface area contributed by atoms with Gasteiger partial charge in [-0.05, 0) is 55.4 Å². The van der Waals surface area contributed by atoms with Gasteiger partial charge in [0.25, 0.3) is 5.91 Å². The minimum Gasteiger partial charge on any atom is -0.496 e. The zero-order valence-electron chi connectivity index (χ0n) is 23.3. The maximum atomic E-state index is 13.4. The van der Waals surface area contributed by atoms with Crippen LogP contribution in [0.2, 0.25) is 0 Å². The molecule has 2 heterocycles. The van der Waals surface area contributed by atoms with E-state index in [1.807, 2.05) is 0 Å². The normalized spacial score (nSPS) is 14.1. The fraction of sp³-hybridized carbons (Fsp3) is 0.310. The Morgan fingerprint density at radius 3 is 2.40 bits per heavy atom. The highest BCUT2D eigenvalue weighted by Crippen LogP contribution is 2.38. The third kappa shape index (κ3) is 7.09. The average molecular weight is 584 g/mol. The molecule has 0 radical (unpaired) electrons. The second kappa shape index (κ2) is 13.2. The highest BCUT2D eigenvalue weighted by Gasteiger charge is 2.34. The number of halogens is 3. The van der Waals surface area contributed by atoms with Crippen LogP contribution in [0.4, 0.5) is 36.2 Å². The van der Waals surface area contributed by atoms with Gasteiger partial charge < -0.3 is 30.7 Å².